The highest BCUT2D eigenvalue weighted by atomic mass is 79.9. The second kappa shape index (κ2) is 7.59. The first-order valence-corrected chi connectivity index (χ1v) is 8.19. The van der Waals surface area contributed by atoms with E-state index in [0.29, 0.717) is 28.6 Å². The molecule has 5 heteroatoms. The summed E-state index contributed by atoms with van der Waals surface area (Å²) < 4.78 is 14.9. The minimum absolute atomic E-state index is 0.206. The van der Waals surface area contributed by atoms with Crippen molar-refractivity contribution in [3.05, 3.63) is 67.9 Å². The van der Waals surface area contributed by atoms with Crippen molar-refractivity contribution in [1.82, 2.24) is 5.32 Å². The van der Waals surface area contributed by atoms with Crippen LogP contribution in [0.1, 0.15) is 24.1 Å². The Morgan fingerprint density at radius 3 is 2.33 bits per heavy atom. The number of likely N-dealkylation sites (N-methyl/N-ethyl adjacent to an activating group) is 1. The first-order chi connectivity index (χ1) is 10.0. The Morgan fingerprint density at radius 1 is 1.14 bits per heavy atom. The van der Waals surface area contributed by atoms with Gasteiger partial charge >= 0.3 is 0 Å². The molecule has 2 aromatic rings. The van der Waals surface area contributed by atoms with Gasteiger partial charge in [0, 0.05) is 26.1 Å². The third kappa shape index (κ3) is 3.98. The van der Waals surface area contributed by atoms with E-state index in [4.69, 9.17) is 23.2 Å². The maximum absolute atomic E-state index is 14.2. The van der Waals surface area contributed by atoms with Crippen LogP contribution in [0.25, 0.3) is 0 Å². The van der Waals surface area contributed by atoms with E-state index in [-0.39, 0.29) is 11.9 Å². The van der Waals surface area contributed by atoms with E-state index in [2.05, 4.69) is 21.2 Å². The fourth-order valence-electron chi connectivity index (χ4n) is 2.30. The molecule has 2 aromatic carbocycles. The van der Waals surface area contributed by atoms with Gasteiger partial charge in [0.2, 0.25) is 0 Å². The molecule has 0 saturated carbocycles. The van der Waals surface area contributed by atoms with Crippen LogP contribution < -0.4 is 5.32 Å². The summed E-state index contributed by atoms with van der Waals surface area (Å²) in [6, 6.07) is 10.1. The molecule has 1 unspecified atom stereocenters. The quantitative estimate of drug-likeness (QED) is 0.681. The predicted molar refractivity (Wildman–Crippen MR) is 90.7 cm³/mol. The fourth-order valence-corrected chi connectivity index (χ4v) is 3.47. The van der Waals surface area contributed by atoms with E-state index in [1.54, 1.807) is 24.3 Å². The molecule has 0 aromatic heterocycles. The van der Waals surface area contributed by atoms with Crippen molar-refractivity contribution in [3.63, 3.8) is 0 Å². The summed E-state index contributed by atoms with van der Waals surface area (Å²) >= 11 is 15.9. The van der Waals surface area contributed by atoms with Crippen LogP contribution in [0.4, 0.5) is 4.39 Å². The third-order valence-corrected chi connectivity index (χ3v) is 4.67. The normalized spacial score (nSPS) is 12.4. The predicted octanol–water partition coefficient (Wildman–Crippen LogP) is 5.79. The summed E-state index contributed by atoms with van der Waals surface area (Å²) in [5.41, 5.74) is 1.41. The molecule has 21 heavy (non-hydrogen) atoms. The third-order valence-electron chi connectivity index (χ3n) is 3.27. The molecule has 0 fully saturated rings. The average molecular weight is 391 g/mol. The molecule has 0 aliphatic rings. The average Bonchev–Trinajstić information content (AvgIpc) is 2.42. The summed E-state index contributed by atoms with van der Waals surface area (Å²) in [5.74, 6) is -0.251. The number of benzene rings is 2. The molecule has 1 N–H and O–H groups in total. The fraction of sp³-hybridized carbons (Fsp3) is 0.250. The van der Waals surface area contributed by atoms with Gasteiger partial charge in [-0.15, -0.1) is 0 Å². The molecular weight excluding hydrogens is 376 g/mol. The van der Waals surface area contributed by atoms with Gasteiger partial charge in [0.25, 0.3) is 0 Å². The standard InChI is InChI=1S/C16H15BrCl2FN/c1-2-21-15(16-11(17)5-3-8-14(16)20)9-10-12(18)6-4-7-13(10)19/h3-8,15,21H,2,9H2,1H3. The molecule has 0 aliphatic heterocycles. The van der Waals surface area contributed by atoms with Crippen LogP contribution in [-0.4, -0.2) is 6.54 Å². The monoisotopic (exact) mass is 389 g/mol. The Balaban J connectivity index is 2.41. The summed E-state index contributed by atoms with van der Waals surface area (Å²) in [4.78, 5) is 0. The Hall–Kier alpha value is -0.610. The lowest BCUT2D eigenvalue weighted by atomic mass is 9.98. The van der Waals surface area contributed by atoms with Crippen LogP contribution in [0.15, 0.2) is 40.9 Å². The number of halogens is 4. The Bertz CT molecular complexity index is 593. The molecule has 0 heterocycles. The highest BCUT2D eigenvalue weighted by Crippen LogP contribution is 2.33. The number of hydrogen-bond donors (Lipinski definition) is 1. The van der Waals surface area contributed by atoms with Gasteiger partial charge in [0.15, 0.2) is 0 Å². The van der Waals surface area contributed by atoms with Crippen LogP contribution in [0.3, 0.4) is 0 Å². The van der Waals surface area contributed by atoms with Crippen molar-refractivity contribution in [1.29, 1.82) is 0 Å². The maximum Gasteiger partial charge on any atom is 0.129 e. The lowest BCUT2D eigenvalue weighted by Gasteiger charge is -2.21. The molecule has 0 amide bonds. The second-order valence-corrected chi connectivity index (χ2v) is 6.32. The lowest BCUT2D eigenvalue weighted by molar-refractivity contribution is 0.508. The van der Waals surface area contributed by atoms with Crippen LogP contribution in [0.5, 0.6) is 0 Å². The zero-order valence-corrected chi connectivity index (χ0v) is 14.6. The molecule has 112 valence electrons. The number of rotatable bonds is 5. The lowest BCUT2D eigenvalue weighted by Crippen LogP contribution is -2.24. The Kier molecular flexibility index (Phi) is 6.06. The second-order valence-electron chi connectivity index (χ2n) is 4.65. The molecule has 0 spiro atoms. The minimum atomic E-state index is -0.251. The van der Waals surface area contributed by atoms with E-state index >= 15 is 0 Å². The smallest absolute Gasteiger partial charge is 0.129 e. The number of nitrogens with one attached hydrogen (secondary N) is 1. The van der Waals surface area contributed by atoms with Crippen molar-refractivity contribution < 1.29 is 4.39 Å². The topological polar surface area (TPSA) is 12.0 Å². The van der Waals surface area contributed by atoms with Crippen molar-refractivity contribution in [2.75, 3.05) is 6.54 Å². The summed E-state index contributed by atoms with van der Waals surface area (Å²) in [6.07, 6.45) is 0.520. The first-order valence-electron chi connectivity index (χ1n) is 6.64. The molecule has 0 bridgehead atoms. The highest BCUT2D eigenvalue weighted by Gasteiger charge is 2.20. The summed E-state index contributed by atoms with van der Waals surface area (Å²) in [5, 5.41) is 4.49. The molecule has 0 aliphatic carbocycles. The zero-order chi connectivity index (χ0) is 15.4. The molecular formula is C16H15BrCl2FN. The van der Waals surface area contributed by atoms with Gasteiger partial charge in [0.1, 0.15) is 5.82 Å². The van der Waals surface area contributed by atoms with Crippen molar-refractivity contribution in [3.8, 4) is 0 Å². The SMILES string of the molecule is CCNC(Cc1c(Cl)cccc1Cl)c1c(F)cccc1Br. The van der Waals surface area contributed by atoms with Crippen molar-refractivity contribution in [2.45, 2.75) is 19.4 Å². The van der Waals surface area contributed by atoms with Gasteiger partial charge < -0.3 is 5.32 Å². The van der Waals surface area contributed by atoms with Gasteiger partial charge in [-0.2, -0.15) is 0 Å². The van der Waals surface area contributed by atoms with Crippen molar-refractivity contribution in [2.24, 2.45) is 0 Å². The molecule has 0 radical (unpaired) electrons. The van der Waals surface area contributed by atoms with E-state index in [1.807, 2.05) is 13.0 Å². The van der Waals surface area contributed by atoms with Crippen LogP contribution in [0.2, 0.25) is 10.0 Å². The number of hydrogen-bond acceptors (Lipinski definition) is 1. The zero-order valence-electron chi connectivity index (χ0n) is 11.5. The van der Waals surface area contributed by atoms with E-state index in [0.717, 1.165) is 10.0 Å². The van der Waals surface area contributed by atoms with E-state index in [9.17, 15) is 4.39 Å². The minimum Gasteiger partial charge on any atom is -0.310 e. The van der Waals surface area contributed by atoms with E-state index < -0.39 is 0 Å². The summed E-state index contributed by atoms with van der Waals surface area (Å²) in [6.45, 7) is 2.70. The molecule has 0 saturated heterocycles. The Labute approximate surface area is 142 Å². The maximum atomic E-state index is 14.2. The summed E-state index contributed by atoms with van der Waals surface area (Å²) in [7, 11) is 0. The van der Waals surface area contributed by atoms with E-state index in [1.165, 1.54) is 6.07 Å². The largest absolute Gasteiger partial charge is 0.310 e. The molecule has 1 atom stereocenters. The van der Waals surface area contributed by atoms with Gasteiger partial charge in [-0.05, 0) is 42.8 Å². The first kappa shape index (κ1) is 16.8. The molecule has 1 nitrogen and oxygen atoms in total. The van der Waals surface area contributed by atoms with Crippen LogP contribution in [-0.2, 0) is 6.42 Å². The Morgan fingerprint density at radius 2 is 1.76 bits per heavy atom. The van der Waals surface area contributed by atoms with Gasteiger partial charge in [-0.3, -0.25) is 0 Å². The van der Waals surface area contributed by atoms with Crippen LogP contribution in [0, 0.1) is 5.82 Å². The highest BCUT2D eigenvalue weighted by molar-refractivity contribution is 9.10. The van der Waals surface area contributed by atoms with Gasteiger partial charge in [-0.1, -0.05) is 58.2 Å². The van der Waals surface area contributed by atoms with Crippen LogP contribution >= 0.6 is 39.1 Å². The van der Waals surface area contributed by atoms with Gasteiger partial charge in [0.05, 0.1) is 0 Å². The molecule has 2 rings (SSSR count). The van der Waals surface area contributed by atoms with Crippen molar-refractivity contribution >= 4 is 39.1 Å². The van der Waals surface area contributed by atoms with Gasteiger partial charge in [-0.25, -0.2) is 4.39 Å².